The van der Waals surface area contributed by atoms with Crippen LogP contribution in [0.5, 0.6) is 5.75 Å². The van der Waals surface area contributed by atoms with Crippen LogP contribution in [0.3, 0.4) is 0 Å². The minimum absolute atomic E-state index is 0. The molecule has 1 aromatic rings. The van der Waals surface area contributed by atoms with Crippen molar-refractivity contribution >= 4 is 29.9 Å². The second kappa shape index (κ2) is 10.0. The van der Waals surface area contributed by atoms with Crippen LogP contribution in [0.4, 0.5) is 0 Å². The molecule has 2 N–H and O–H groups in total. The molecule has 0 bridgehead atoms. The molecule has 23 heavy (non-hydrogen) atoms. The molecule has 1 aromatic carbocycles. The lowest BCUT2D eigenvalue weighted by molar-refractivity contribution is 0.328. The smallest absolute Gasteiger partial charge is 0.191 e. The molecule has 0 aliphatic heterocycles. The fourth-order valence-corrected chi connectivity index (χ4v) is 2.83. The van der Waals surface area contributed by atoms with E-state index in [4.69, 9.17) is 4.74 Å². The van der Waals surface area contributed by atoms with Crippen LogP contribution >= 0.6 is 24.0 Å². The minimum atomic E-state index is 0. The number of halogens is 1. The predicted molar refractivity (Wildman–Crippen MR) is 106 cm³/mol. The van der Waals surface area contributed by atoms with Gasteiger partial charge in [-0.05, 0) is 37.8 Å². The Kier molecular flexibility index (Phi) is 7.99. The van der Waals surface area contributed by atoms with Crippen molar-refractivity contribution in [1.82, 2.24) is 10.6 Å². The number of rotatable bonds is 6. The normalized spacial score (nSPS) is 18.9. The van der Waals surface area contributed by atoms with Crippen molar-refractivity contribution in [2.45, 2.75) is 57.0 Å². The number of ether oxygens (including phenoxy) is 1. The molecule has 0 amide bonds. The Balaban J connectivity index is 0.00000192. The lowest BCUT2D eigenvalue weighted by atomic mass is 9.96. The first-order chi connectivity index (χ1) is 10.9. The van der Waals surface area contributed by atoms with E-state index in [0.717, 1.165) is 11.7 Å². The summed E-state index contributed by atoms with van der Waals surface area (Å²) in [6, 6.07) is 11.2. The first-order valence-electron chi connectivity index (χ1n) is 8.65. The van der Waals surface area contributed by atoms with E-state index in [1.54, 1.807) is 0 Å². The number of para-hydroxylation sites is 1. The summed E-state index contributed by atoms with van der Waals surface area (Å²) in [6.45, 7) is 1.30. The minimum Gasteiger partial charge on any atom is -0.492 e. The number of benzene rings is 1. The lowest BCUT2D eigenvalue weighted by Crippen LogP contribution is -2.45. The Morgan fingerprint density at radius 3 is 2.26 bits per heavy atom. The van der Waals surface area contributed by atoms with E-state index in [2.05, 4.69) is 15.6 Å². The molecule has 0 unspecified atom stereocenters. The van der Waals surface area contributed by atoms with Crippen LogP contribution in [-0.2, 0) is 0 Å². The number of aliphatic imine (C=N–C) groups is 1. The Labute approximate surface area is 156 Å². The Morgan fingerprint density at radius 1 is 0.957 bits per heavy atom. The fourth-order valence-electron chi connectivity index (χ4n) is 2.83. The summed E-state index contributed by atoms with van der Waals surface area (Å²) in [6.07, 6.45) is 9.14. The topological polar surface area (TPSA) is 45.6 Å². The van der Waals surface area contributed by atoms with Gasteiger partial charge in [0.25, 0.3) is 0 Å². The molecule has 128 valence electrons. The van der Waals surface area contributed by atoms with Gasteiger partial charge in [0.05, 0.1) is 6.54 Å². The molecule has 0 heterocycles. The van der Waals surface area contributed by atoms with Crippen molar-refractivity contribution in [2.75, 3.05) is 13.2 Å². The van der Waals surface area contributed by atoms with E-state index >= 15 is 0 Å². The van der Waals surface area contributed by atoms with Crippen molar-refractivity contribution in [2.24, 2.45) is 4.99 Å². The standard InChI is InChI=1S/C18H27N3O.HI/c1-3-7-15(8-4-1)20-18(21-16-11-12-16)19-13-14-22-17-9-5-2-6-10-17;/h2,5-6,9-10,15-16H,1,3-4,7-8,11-14H2,(H2,19,20,21);1H. The average Bonchev–Trinajstić information content (AvgIpc) is 3.37. The van der Waals surface area contributed by atoms with Crippen LogP contribution in [-0.4, -0.2) is 31.2 Å². The average molecular weight is 429 g/mol. The molecule has 5 heteroatoms. The third kappa shape index (κ3) is 6.97. The predicted octanol–water partition coefficient (Wildman–Crippen LogP) is 3.71. The SMILES string of the molecule is I.c1ccc(OCCN=C(NC2CCCCC2)NC2CC2)cc1. The molecule has 2 fully saturated rings. The van der Waals surface area contributed by atoms with E-state index in [1.165, 1.54) is 44.9 Å². The summed E-state index contributed by atoms with van der Waals surface area (Å²) in [4.78, 5) is 4.68. The number of nitrogens with one attached hydrogen (secondary N) is 2. The number of hydrogen-bond donors (Lipinski definition) is 2. The quantitative estimate of drug-likeness (QED) is 0.314. The molecular formula is C18H28IN3O. The van der Waals surface area contributed by atoms with Crippen LogP contribution in [0, 0.1) is 0 Å². The van der Waals surface area contributed by atoms with Gasteiger partial charge in [-0.3, -0.25) is 0 Å². The van der Waals surface area contributed by atoms with Gasteiger partial charge in [-0.15, -0.1) is 24.0 Å². The first kappa shape index (κ1) is 18.4. The van der Waals surface area contributed by atoms with Gasteiger partial charge < -0.3 is 15.4 Å². The number of nitrogens with zero attached hydrogens (tertiary/aromatic N) is 1. The zero-order chi connectivity index (χ0) is 15.0. The highest BCUT2D eigenvalue weighted by Crippen LogP contribution is 2.20. The van der Waals surface area contributed by atoms with Gasteiger partial charge in [0.15, 0.2) is 5.96 Å². The zero-order valence-electron chi connectivity index (χ0n) is 13.7. The second-order valence-corrected chi connectivity index (χ2v) is 6.29. The van der Waals surface area contributed by atoms with Crippen LogP contribution < -0.4 is 15.4 Å². The highest BCUT2D eigenvalue weighted by molar-refractivity contribution is 14.0. The van der Waals surface area contributed by atoms with Gasteiger partial charge >= 0.3 is 0 Å². The largest absolute Gasteiger partial charge is 0.492 e. The Hall–Kier alpha value is -0.980. The molecular weight excluding hydrogens is 401 g/mol. The maximum Gasteiger partial charge on any atom is 0.191 e. The molecule has 4 nitrogen and oxygen atoms in total. The van der Waals surface area contributed by atoms with Gasteiger partial charge in [-0.1, -0.05) is 37.5 Å². The van der Waals surface area contributed by atoms with Crippen LogP contribution in [0.1, 0.15) is 44.9 Å². The van der Waals surface area contributed by atoms with Crippen LogP contribution in [0.25, 0.3) is 0 Å². The van der Waals surface area contributed by atoms with Gasteiger partial charge in [0, 0.05) is 12.1 Å². The van der Waals surface area contributed by atoms with Gasteiger partial charge in [0.1, 0.15) is 12.4 Å². The monoisotopic (exact) mass is 429 g/mol. The second-order valence-electron chi connectivity index (χ2n) is 6.29. The molecule has 3 rings (SSSR count). The molecule has 2 aliphatic carbocycles. The van der Waals surface area contributed by atoms with Crippen LogP contribution in [0.2, 0.25) is 0 Å². The van der Waals surface area contributed by atoms with Crippen LogP contribution in [0.15, 0.2) is 35.3 Å². The van der Waals surface area contributed by atoms with E-state index in [9.17, 15) is 0 Å². The molecule has 0 aromatic heterocycles. The van der Waals surface area contributed by atoms with E-state index in [-0.39, 0.29) is 24.0 Å². The third-order valence-electron chi connectivity index (χ3n) is 4.24. The lowest BCUT2D eigenvalue weighted by Gasteiger charge is -2.25. The molecule has 2 saturated carbocycles. The van der Waals surface area contributed by atoms with Gasteiger partial charge in [-0.25, -0.2) is 4.99 Å². The summed E-state index contributed by atoms with van der Waals surface area (Å²) in [7, 11) is 0. The highest BCUT2D eigenvalue weighted by atomic mass is 127. The molecule has 0 atom stereocenters. The van der Waals surface area contributed by atoms with E-state index < -0.39 is 0 Å². The van der Waals surface area contributed by atoms with Gasteiger partial charge in [0.2, 0.25) is 0 Å². The maximum atomic E-state index is 5.70. The van der Waals surface area contributed by atoms with Crippen molar-refractivity contribution in [3.63, 3.8) is 0 Å². The molecule has 0 spiro atoms. The number of hydrogen-bond acceptors (Lipinski definition) is 2. The molecule has 0 saturated heterocycles. The highest BCUT2D eigenvalue weighted by Gasteiger charge is 2.23. The maximum absolute atomic E-state index is 5.70. The van der Waals surface area contributed by atoms with Crippen molar-refractivity contribution in [3.05, 3.63) is 30.3 Å². The summed E-state index contributed by atoms with van der Waals surface area (Å²) >= 11 is 0. The fraction of sp³-hybridized carbons (Fsp3) is 0.611. The summed E-state index contributed by atoms with van der Waals surface area (Å²) in [5.74, 6) is 1.89. The zero-order valence-corrected chi connectivity index (χ0v) is 16.0. The van der Waals surface area contributed by atoms with Crippen molar-refractivity contribution < 1.29 is 4.74 Å². The van der Waals surface area contributed by atoms with Crippen molar-refractivity contribution in [1.29, 1.82) is 0 Å². The Bertz CT molecular complexity index is 470. The summed E-state index contributed by atoms with van der Waals surface area (Å²) < 4.78 is 5.70. The Morgan fingerprint density at radius 2 is 1.61 bits per heavy atom. The van der Waals surface area contributed by atoms with Crippen molar-refractivity contribution in [3.8, 4) is 5.75 Å². The molecule has 0 radical (unpaired) electrons. The third-order valence-corrected chi connectivity index (χ3v) is 4.24. The van der Waals surface area contributed by atoms with E-state index in [0.29, 0.717) is 25.2 Å². The summed E-state index contributed by atoms with van der Waals surface area (Å²) in [5, 5.41) is 7.13. The first-order valence-corrected chi connectivity index (χ1v) is 8.65. The summed E-state index contributed by atoms with van der Waals surface area (Å²) in [5.41, 5.74) is 0. The van der Waals surface area contributed by atoms with E-state index in [1.807, 2.05) is 30.3 Å². The number of guanidine groups is 1. The van der Waals surface area contributed by atoms with Gasteiger partial charge in [-0.2, -0.15) is 0 Å². The molecule has 2 aliphatic rings.